The molecule has 0 saturated heterocycles. The van der Waals surface area contributed by atoms with E-state index in [4.69, 9.17) is 5.73 Å². The number of aromatic nitrogens is 2. The molecule has 7 nitrogen and oxygen atoms in total. The van der Waals surface area contributed by atoms with Crippen molar-refractivity contribution < 1.29 is 9.90 Å². The molecule has 1 unspecified atom stereocenters. The molecule has 0 bridgehead atoms. The van der Waals surface area contributed by atoms with Gasteiger partial charge in [-0.2, -0.15) is 0 Å². The van der Waals surface area contributed by atoms with E-state index in [2.05, 4.69) is 15.0 Å². The van der Waals surface area contributed by atoms with Crippen LogP contribution in [-0.2, 0) is 10.3 Å². The normalized spacial score (nSPS) is 19.0. The van der Waals surface area contributed by atoms with Gasteiger partial charge >= 0.3 is 0 Å². The first-order valence-corrected chi connectivity index (χ1v) is 8.73. The number of guanidine groups is 1. The minimum Gasteiger partial charge on any atom is -0.508 e. The molecule has 0 fully saturated rings. The molecule has 1 atom stereocenters. The molecule has 140 valence electrons. The molecule has 0 radical (unpaired) electrons. The molecular formula is C21H19N5O2. The van der Waals surface area contributed by atoms with Gasteiger partial charge in [-0.3, -0.25) is 9.69 Å². The maximum atomic E-state index is 13.3. The molecule has 0 saturated carbocycles. The highest BCUT2D eigenvalue weighted by Crippen LogP contribution is 2.41. The van der Waals surface area contributed by atoms with Gasteiger partial charge in [0, 0.05) is 25.0 Å². The van der Waals surface area contributed by atoms with Crippen LogP contribution in [0.3, 0.4) is 0 Å². The highest BCUT2D eigenvalue weighted by Gasteiger charge is 2.49. The van der Waals surface area contributed by atoms with E-state index in [9.17, 15) is 9.90 Å². The lowest BCUT2D eigenvalue weighted by molar-refractivity contribution is -0.129. The molecule has 1 aliphatic rings. The molecule has 2 heterocycles. The molecular weight excluding hydrogens is 354 g/mol. The average Bonchev–Trinajstić information content (AvgIpc) is 2.96. The number of aliphatic imine (C=N–C) groups is 1. The number of phenolic OH excluding ortho intramolecular Hbond substituents is 1. The van der Waals surface area contributed by atoms with Crippen molar-refractivity contribution in [3.8, 4) is 16.9 Å². The van der Waals surface area contributed by atoms with Gasteiger partial charge in [0.1, 0.15) is 12.1 Å². The number of aryl methyl sites for hydroxylation is 1. The quantitative estimate of drug-likeness (QED) is 0.732. The van der Waals surface area contributed by atoms with Crippen LogP contribution in [0.25, 0.3) is 11.1 Å². The predicted molar refractivity (Wildman–Crippen MR) is 105 cm³/mol. The summed E-state index contributed by atoms with van der Waals surface area (Å²) < 4.78 is 0. The van der Waals surface area contributed by atoms with E-state index in [0.29, 0.717) is 16.7 Å². The first-order valence-electron chi connectivity index (χ1n) is 8.73. The zero-order valence-electron chi connectivity index (χ0n) is 15.5. The van der Waals surface area contributed by atoms with Crippen LogP contribution in [0.5, 0.6) is 5.75 Å². The first-order chi connectivity index (χ1) is 13.4. The number of carbonyl (C=O) groups is 1. The Balaban J connectivity index is 1.96. The monoisotopic (exact) mass is 373 g/mol. The van der Waals surface area contributed by atoms with E-state index in [1.165, 1.54) is 11.2 Å². The van der Waals surface area contributed by atoms with Gasteiger partial charge in [-0.15, -0.1) is 0 Å². The van der Waals surface area contributed by atoms with Gasteiger partial charge in [0.05, 0.1) is 0 Å². The molecule has 3 aromatic rings. The number of amides is 1. The lowest BCUT2D eigenvalue weighted by atomic mass is 9.81. The third-order valence-corrected chi connectivity index (χ3v) is 5.03. The Kier molecular flexibility index (Phi) is 4.07. The lowest BCUT2D eigenvalue weighted by Gasteiger charge is -2.27. The number of aromatic hydroxyl groups is 1. The third kappa shape index (κ3) is 2.60. The summed E-state index contributed by atoms with van der Waals surface area (Å²) in [5.41, 5.74) is 8.37. The maximum Gasteiger partial charge on any atom is 0.266 e. The zero-order chi connectivity index (χ0) is 19.9. The van der Waals surface area contributed by atoms with E-state index in [1.807, 2.05) is 24.3 Å². The van der Waals surface area contributed by atoms with Crippen LogP contribution in [0.15, 0.2) is 66.2 Å². The van der Waals surface area contributed by atoms with Crippen LogP contribution in [-0.4, -0.2) is 38.9 Å². The Morgan fingerprint density at radius 3 is 2.39 bits per heavy atom. The molecule has 2 aromatic carbocycles. The smallest absolute Gasteiger partial charge is 0.266 e. The van der Waals surface area contributed by atoms with Crippen LogP contribution in [0, 0.1) is 6.92 Å². The molecule has 7 heteroatoms. The Morgan fingerprint density at radius 2 is 1.75 bits per heavy atom. The van der Waals surface area contributed by atoms with Gasteiger partial charge < -0.3 is 10.8 Å². The second kappa shape index (κ2) is 6.45. The molecule has 0 aliphatic carbocycles. The van der Waals surface area contributed by atoms with Gasteiger partial charge in [-0.25, -0.2) is 15.0 Å². The zero-order valence-corrected chi connectivity index (χ0v) is 15.5. The number of likely N-dealkylation sites (N-methyl/N-ethyl adjacent to an activating group) is 1. The largest absolute Gasteiger partial charge is 0.508 e. The highest BCUT2D eigenvalue weighted by atomic mass is 16.3. The van der Waals surface area contributed by atoms with E-state index in [1.54, 1.807) is 44.6 Å². The summed E-state index contributed by atoms with van der Waals surface area (Å²) >= 11 is 0. The average molecular weight is 373 g/mol. The fourth-order valence-electron chi connectivity index (χ4n) is 3.44. The lowest BCUT2D eigenvalue weighted by Crippen LogP contribution is -2.41. The second-order valence-electron chi connectivity index (χ2n) is 6.75. The Hall–Kier alpha value is -3.74. The van der Waals surface area contributed by atoms with Gasteiger partial charge in [0.25, 0.3) is 5.91 Å². The molecule has 1 aromatic heterocycles. The summed E-state index contributed by atoms with van der Waals surface area (Å²) in [6.45, 7) is 1.78. The number of nitrogens with zero attached hydrogens (tertiary/aromatic N) is 4. The number of hydrogen-bond donors (Lipinski definition) is 2. The van der Waals surface area contributed by atoms with Gasteiger partial charge in [0.2, 0.25) is 0 Å². The van der Waals surface area contributed by atoms with Crippen LogP contribution in [0.1, 0.15) is 16.7 Å². The molecule has 3 N–H and O–H groups in total. The van der Waals surface area contributed by atoms with Gasteiger partial charge in [-0.1, -0.05) is 24.3 Å². The minimum absolute atomic E-state index is 0.143. The number of rotatable bonds is 3. The van der Waals surface area contributed by atoms with Gasteiger partial charge in [-0.05, 0) is 47.4 Å². The fourth-order valence-corrected chi connectivity index (χ4v) is 3.44. The van der Waals surface area contributed by atoms with Crippen molar-refractivity contribution >= 4 is 11.9 Å². The molecule has 1 amide bonds. The molecule has 4 rings (SSSR count). The van der Waals surface area contributed by atoms with Crippen molar-refractivity contribution in [1.29, 1.82) is 0 Å². The molecule has 28 heavy (non-hydrogen) atoms. The van der Waals surface area contributed by atoms with E-state index in [-0.39, 0.29) is 17.6 Å². The standard InChI is InChI=1S/C21H19N5O2/c1-13-8-17(6-7-18(13)27)21(19(28)26(2)20(22)25-21)16-5-3-4-14(9-16)15-10-23-12-24-11-15/h3-12,27H,1-2H3,(H2,22,25). The summed E-state index contributed by atoms with van der Waals surface area (Å²) in [6.07, 6.45) is 4.89. The SMILES string of the molecule is Cc1cc(C2(c3cccc(-c4cncnc4)c3)N=C(N)N(C)C2=O)ccc1O. The first kappa shape index (κ1) is 17.7. The van der Waals surface area contributed by atoms with Gasteiger partial charge in [0.15, 0.2) is 11.5 Å². The predicted octanol–water partition coefficient (Wildman–Crippen LogP) is 2.19. The highest BCUT2D eigenvalue weighted by molar-refractivity contribution is 6.09. The maximum absolute atomic E-state index is 13.3. The van der Waals surface area contributed by atoms with E-state index < -0.39 is 5.54 Å². The van der Waals surface area contributed by atoms with Crippen molar-refractivity contribution in [1.82, 2.24) is 14.9 Å². The van der Waals surface area contributed by atoms with Crippen molar-refractivity contribution in [2.45, 2.75) is 12.5 Å². The van der Waals surface area contributed by atoms with Crippen molar-refractivity contribution in [3.05, 3.63) is 77.9 Å². The van der Waals surface area contributed by atoms with Crippen LogP contribution >= 0.6 is 0 Å². The molecule has 0 spiro atoms. The third-order valence-electron chi connectivity index (χ3n) is 5.03. The summed E-state index contributed by atoms with van der Waals surface area (Å²) in [7, 11) is 1.60. The minimum atomic E-state index is -1.32. The summed E-state index contributed by atoms with van der Waals surface area (Å²) in [5, 5.41) is 9.93. The Labute approximate surface area is 162 Å². The number of nitrogens with two attached hydrogens (primary N) is 1. The van der Waals surface area contributed by atoms with Crippen molar-refractivity contribution in [2.75, 3.05) is 7.05 Å². The number of benzene rings is 2. The summed E-state index contributed by atoms with van der Waals surface area (Å²) in [4.78, 5) is 27.4. The topological polar surface area (TPSA) is 105 Å². The van der Waals surface area contributed by atoms with Crippen LogP contribution < -0.4 is 5.73 Å². The Morgan fingerprint density at radius 1 is 1.04 bits per heavy atom. The summed E-state index contributed by atoms with van der Waals surface area (Å²) in [6, 6.07) is 12.6. The number of carbonyl (C=O) groups excluding carboxylic acids is 1. The fraction of sp³-hybridized carbons (Fsp3) is 0.143. The Bertz CT molecular complexity index is 1100. The van der Waals surface area contributed by atoms with Crippen molar-refractivity contribution in [3.63, 3.8) is 0 Å². The summed E-state index contributed by atoms with van der Waals surface area (Å²) in [5.74, 6) is 0.0468. The van der Waals surface area contributed by atoms with E-state index in [0.717, 1.165) is 11.1 Å². The second-order valence-corrected chi connectivity index (χ2v) is 6.75. The number of phenols is 1. The van der Waals surface area contributed by atoms with Crippen LogP contribution in [0.4, 0.5) is 0 Å². The van der Waals surface area contributed by atoms with Crippen LogP contribution in [0.2, 0.25) is 0 Å². The van der Waals surface area contributed by atoms with Crippen molar-refractivity contribution in [2.24, 2.45) is 10.7 Å². The molecule has 1 aliphatic heterocycles. The van der Waals surface area contributed by atoms with E-state index >= 15 is 0 Å². The number of hydrogen-bond acceptors (Lipinski definition) is 6.